The zero-order chi connectivity index (χ0) is 15.5. The fraction of sp³-hybridized carbons (Fsp3) is 0.600. The summed E-state index contributed by atoms with van der Waals surface area (Å²) in [6.45, 7) is 7.21. The maximum atomic E-state index is 11.9. The maximum absolute atomic E-state index is 11.9. The molecule has 1 fully saturated rings. The normalized spacial score (nSPS) is 19.5. The molecule has 0 bridgehead atoms. The molecule has 21 heavy (non-hydrogen) atoms. The Kier molecular flexibility index (Phi) is 4.67. The third-order valence-electron chi connectivity index (χ3n) is 3.16. The number of carbonyl (C=O) groups is 2. The Balaban J connectivity index is 1.76. The Bertz CT molecular complexity index is 490. The van der Waals surface area contributed by atoms with Crippen molar-refractivity contribution in [3.05, 3.63) is 24.2 Å². The molecule has 1 aliphatic heterocycles. The van der Waals surface area contributed by atoms with Gasteiger partial charge in [0.2, 0.25) is 5.78 Å². The van der Waals surface area contributed by atoms with E-state index < -0.39 is 11.7 Å². The molecule has 116 valence electrons. The average Bonchev–Trinajstić information content (AvgIpc) is 2.97. The van der Waals surface area contributed by atoms with Crippen LogP contribution in [0.4, 0.5) is 4.79 Å². The summed E-state index contributed by atoms with van der Waals surface area (Å²) >= 11 is 0. The zero-order valence-electron chi connectivity index (χ0n) is 12.7. The van der Waals surface area contributed by atoms with Gasteiger partial charge >= 0.3 is 6.09 Å². The predicted molar refractivity (Wildman–Crippen MR) is 77.3 cm³/mol. The Labute approximate surface area is 124 Å². The number of hydrogen-bond acceptors (Lipinski definition) is 5. The number of Topliss-reactive ketones (excluding diaryl/α,β-unsaturated/α-hetero) is 1. The van der Waals surface area contributed by atoms with Gasteiger partial charge in [0.15, 0.2) is 5.76 Å². The SMILES string of the molecule is CC(C)(C)OC(=O)N[C@@H]1CCN(CC(=O)c2ccco2)C1. The maximum Gasteiger partial charge on any atom is 0.407 e. The standard InChI is InChI=1S/C15H22N2O4/c1-15(2,3)21-14(19)16-11-6-7-17(9-11)10-12(18)13-5-4-8-20-13/h4-5,8,11H,6-7,9-10H2,1-3H3,(H,16,19)/t11-/m1/s1. The van der Waals surface area contributed by atoms with Gasteiger partial charge in [-0.3, -0.25) is 9.69 Å². The van der Waals surface area contributed by atoms with Crippen LogP contribution in [0.5, 0.6) is 0 Å². The number of likely N-dealkylation sites (tertiary alicyclic amines) is 1. The van der Waals surface area contributed by atoms with Gasteiger partial charge in [-0.05, 0) is 39.3 Å². The lowest BCUT2D eigenvalue weighted by molar-refractivity contribution is 0.0506. The number of furan rings is 1. The number of alkyl carbamates (subject to hydrolysis) is 1. The molecule has 0 aliphatic carbocycles. The molecule has 1 amide bonds. The second kappa shape index (κ2) is 6.30. The number of nitrogens with zero attached hydrogens (tertiary/aromatic N) is 1. The average molecular weight is 294 g/mol. The topological polar surface area (TPSA) is 71.8 Å². The van der Waals surface area contributed by atoms with Gasteiger partial charge in [-0.25, -0.2) is 4.79 Å². The van der Waals surface area contributed by atoms with Crippen LogP contribution < -0.4 is 5.32 Å². The summed E-state index contributed by atoms with van der Waals surface area (Å²) in [6, 6.07) is 3.38. The third kappa shape index (κ3) is 4.90. The first-order valence-electron chi connectivity index (χ1n) is 7.12. The number of carbonyl (C=O) groups excluding carboxylic acids is 2. The van der Waals surface area contributed by atoms with Crippen LogP contribution in [0.1, 0.15) is 37.7 Å². The van der Waals surface area contributed by atoms with Gasteiger partial charge in [-0.15, -0.1) is 0 Å². The molecule has 0 radical (unpaired) electrons. The van der Waals surface area contributed by atoms with Crippen LogP contribution in [0.25, 0.3) is 0 Å². The highest BCUT2D eigenvalue weighted by Crippen LogP contribution is 2.13. The van der Waals surface area contributed by atoms with Crippen molar-refractivity contribution < 1.29 is 18.7 Å². The van der Waals surface area contributed by atoms with Gasteiger partial charge in [-0.1, -0.05) is 0 Å². The van der Waals surface area contributed by atoms with Crippen molar-refractivity contribution in [1.29, 1.82) is 0 Å². The van der Waals surface area contributed by atoms with Crippen molar-refractivity contribution in [2.24, 2.45) is 0 Å². The van der Waals surface area contributed by atoms with Crippen molar-refractivity contribution >= 4 is 11.9 Å². The molecule has 0 aromatic carbocycles. The summed E-state index contributed by atoms with van der Waals surface area (Å²) in [6.07, 6.45) is 1.89. The van der Waals surface area contributed by atoms with Crippen molar-refractivity contribution in [1.82, 2.24) is 10.2 Å². The van der Waals surface area contributed by atoms with E-state index in [1.54, 1.807) is 12.1 Å². The largest absolute Gasteiger partial charge is 0.461 e. The number of ether oxygens (including phenoxy) is 1. The fourth-order valence-corrected chi connectivity index (χ4v) is 2.29. The van der Waals surface area contributed by atoms with Crippen molar-refractivity contribution in [3.63, 3.8) is 0 Å². The summed E-state index contributed by atoms with van der Waals surface area (Å²) in [7, 11) is 0. The summed E-state index contributed by atoms with van der Waals surface area (Å²) in [4.78, 5) is 25.6. The summed E-state index contributed by atoms with van der Waals surface area (Å²) in [5.41, 5.74) is -0.502. The third-order valence-corrected chi connectivity index (χ3v) is 3.16. The van der Waals surface area contributed by atoms with E-state index in [0.29, 0.717) is 18.8 Å². The molecular formula is C15H22N2O4. The number of rotatable bonds is 4. The minimum atomic E-state index is -0.502. The quantitative estimate of drug-likeness (QED) is 0.861. The van der Waals surface area contributed by atoms with Gasteiger partial charge in [0.25, 0.3) is 0 Å². The highest BCUT2D eigenvalue weighted by Gasteiger charge is 2.27. The van der Waals surface area contributed by atoms with Gasteiger partial charge in [0.1, 0.15) is 5.60 Å². The molecule has 1 saturated heterocycles. The van der Waals surface area contributed by atoms with Crippen LogP contribution >= 0.6 is 0 Å². The Morgan fingerprint density at radius 2 is 2.24 bits per heavy atom. The molecule has 1 aromatic rings. The van der Waals surface area contributed by atoms with Crippen LogP contribution in [0.2, 0.25) is 0 Å². The number of ketones is 1. The minimum Gasteiger partial charge on any atom is -0.461 e. The van der Waals surface area contributed by atoms with E-state index in [0.717, 1.165) is 13.0 Å². The van der Waals surface area contributed by atoms with E-state index in [1.165, 1.54) is 6.26 Å². The highest BCUT2D eigenvalue weighted by atomic mass is 16.6. The second-order valence-electron chi connectivity index (χ2n) is 6.27. The highest BCUT2D eigenvalue weighted by molar-refractivity contribution is 5.95. The first-order chi connectivity index (χ1) is 9.83. The molecule has 2 rings (SSSR count). The Morgan fingerprint density at radius 3 is 2.86 bits per heavy atom. The molecule has 0 spiro atoms. The smallest absolute Gasteiger partial charge is 0.407 e. The monoisotopic (exact) mass is 294 g/mol. The molecule has 6 heteroatoms. The first kappa shape index (κ1) is 15.6. The van der Waals surface area contributed by atoms with E-state index in [9.17, 15) is 9.59 Å². The van der Waals surface area contributed by atoms with E-state index in [1.807, 2.05) is 25.7 Å². The molecule has 0 saturated carbocycles. The lowest BCUT2D eigenvalue weighted by Crippen LogP contribution is -2.41. The van der Waals surface area contributed by atoms with Crippen LogP contribution in [-0.2, 0) is 4.74 Å². The van der Waals surface area contributed by atoms with Gasteiger partial charge in [-0.2, -0.15) is 0 Å². The van der Waals surface area contributed by atoms with Crippen LogP contribution in [0, 0.1) is 0 Å². The summed E-state index contributed by atoms with van der Waals surface area (Å²) in [5.74, 6) is 0.330. The van der Waals surface area contributed by atoms with Gasteiger partial charge in [0, 0.05) is 19.1 Å². The number of nitrogens with one attached hydrogen (secondary N) is 1. The molecule has 2 heterocycles. The van der Waals surface area contributed by atoms with Crippen LogP contribution in [0.3, 0.4) is 0 Å². The van der Waals surface area contributed by atoms with E-state index in [-0.39, 0.29) is 11.8 Å². The molecule has 0 unspecified atom stereocenters. The lowest BCUT2D eigenvalue weighted by Gasteiger charge is -2.21. The predicted octanol–water partition coefficient (Wildman–Crippen LogP) is 2.06. The Hall–Kier alpha value is -1.82. The number of amides is 1. The van der Waals surface area contributed by atoms with Gasteiger partial charge in [0.05, 0.1) is 12.8 Å². The zero-order valence-corrected chi connectivity index (χ0v) is 12.7. The molecule has 1 atom stereocenters. The Morgan fingerprint density at radius 1 is 1.48 bits per heavy atom. The molecule has 1 aliphatic rings. The van der Waals surface area contributed by atoms with E-state index in [2.05, 4.69) is 5.32 Å². The lowest BCUT2D eigenvalue weighted by atomic mass is 10.2. The van der Waals surface area contributed by atoms with Crippen molar-refractivity contribution in [2.75, 3.05) is 19.6 Å². The minimum absolute atomic E-state index is 0.0178. The summed E-state index contributed by atoms with van der Waals surface area (Å²) in [5, 5.41) is 2.84. The number of hydrogen-bond donors (Lipinski definition) is 1. The van der Waals surface area contributed by atoms with E-state index >= 15 is 0 Å². The van der Waals surface area contributed by atoms with Crippen LogP contribution in [-0.4, -0.2) is 48.1 Å². The second-order valence-corrected chi connectivity index (χ2v) is 6.27. The molecule has 6 nitrogen and oxygen atoms in total. The first-order valence-corrected chi connectivity index (χ1v) is 7.12. The molecule has 1 aromatic heterocycles. The van der Waals surface area contributed by atoms with Crippen molar-refractivity contribution in [3.8, 4) is 0 Å². The van der Waals surface area contributed by atoms with Gasteiger partial charge < -0.3 is 14.5 Å². The van der Waals surface area contributed by atoms with Crippen molar-refractivity contribution in [2.45, 2.75) is 38.8 Å². The summed E-state index contributed by atoms with van der Waals surface area (Å²) < 4.78 is 10.3. The molecule has 1 N–H and O–H groups in total. The fourth-order valence-electron chi connectivity index (χ4n) is 2.29. The molecular weight excluding hydrogens is 272 g/mol. The van der Waals surface area contributed by atoms with E-state index in [4.69, 9.17) is 9.15 Å². The van der Waals surface area contributed by atoms with Crippen LogP contribution in [0.15, 0.2) is 22.8 Å².